The number of rotatable bonds is 4. The molecule has 1 amide bonds. The van der Waals surface area contributed by atoms with Crippen LogP contribution in [0.2, 0.25) is 0 Å². The number of benzene rings is 1. The summed E-state index contributed by atoms with van der Waals surface area (Å²) in [5.74, 6) is -1.87. The number of aliphatic carboxylic acids is 1. The number of carboxylic acid groups (broad SMARTS) is 1. The second kappa shape index (κ2) is 6.68. The van der Waals surface area contributed by atoms with Gasteiger partial charge in [-0.25, -0.2) is 9.37 Å². The van der Waals surface area contributed by atoms with E-state index >= 15 is 0 Å². The zero-order chi connectivity index (χ0) is 17.3. The Bertz CT molecular complexity index is 777. The minimum Gasteiger partial charge on any atom is -0.481 e. The first-order valence-corrected chi connectivity index (χ1v) is 8.53. The van der Waals surface area contributed by atoms with E-state index in [2.05, 4.69) is 4.98 Å². The van der Waals surface area contributed by atoms with Crippen LogP contribution in [0.4, 0.5) is 4.39 Å². The van der Waals surface area contributed by atoms with Crippen LogP contribution in [0.15, 0.2) is 29.6 Å². The highest BCUT2D eigenvalue weighted by Crippen LogP contribution is 2.26. The first-order valence-electron chi connectivity index (χ1n) is 7.65. The van der Waals surface area contributed by atoms with Crippen LogP contribution in [-0.4, -0.2) is 40.0 Å². The van der Waals surface area contributed by atoms with Gasteiger partial charge in [0.05, 0.1) is 18.0 Å². The van der Waals surface area contributed by atoms with Gasteiger partial charge in [0.15, 0.2) is 0 Å². The van der Waals surface area contributed by atoms with E-state index < -0.39 is 11.9 Å². The molecule has 1 aliphatic rings. The van der Waals surface area contributed by atoms with Crippen molar-refractivity contribution < 1.29 is 19.1 Å². The highest BCUT2D eigenvalue weighted by atomic mass is 32.1. The van der Waals surface area contributed by atoms with Crippen molar-refractivity contribution in [2.75, 3.05) is 13.1 Å². The second-order valence-corrected chi connectivity index (χ2v) is 6.91. The summed E-state index contributed by atoms with van der Waals surface area (Å²) in [6, 6.07) is 6.17. The Labute approximate surface area is 142 Å². The highest BCUT2D eigenvalue weighted by Gasteiger charge is 2.36. The van der Waals surface area contributed by atoms with E-state index in [1.165, 1.54) is 23.5 Å². The Balaban J connectivity index is 1.67. The van der Waals surface area contributed by atoms with Crippen LogP contribution in [0.5, 0.6) is 0 Å². The Hall–Kier alpha value is -2.28. The first-order chi connectivity index (χ1) is 11.4. The number of nitrogens with zero attached hydrogens (tertiary/aromatic N) is 2. The third-order valence-electron chi connectivity index (χ3n) is 4.24. The van der Waals surface area contributed by atoms with Crippen molar-refractivity contribution in [1.82, 2.24) is 9.88 Å². The monoisotopic (exact) mass is 348 g/mol. The SMILES string of the molecule is C[C@@H]1CN(C(=O)Cc2csc(-c3cccc(F)c3)n2)C[C@H]1C(=O)O. The fourth-order valence-corrected chi connectivity index (χ4v) is 3.72. The average molecular weight is 348 g/mol. The van der Waals surface area contributed by atoms with E-state index in [1.54, 1.807) is 22.4 Å². The number of hydrogen-bond acceptors (Lipinski definition) is 4. The van der Waals surface area contributed by atoms with Crippen molar-refractivity contribution in [2.24, 2.45) is 11.8 Å². The second-order valence-electron chi connectivity index (χ2n) is 6.05. The van der Waals surface area contributed by atoms with Crippen LogP contribution >= 0.6 is 11.3 Å². The molecule has 1 aromatic heterocycles. The molecule has 2 aromatic rings. The molecule has 1 aromatic carbocycles. The van der Waals surface area contributed by atoms with Crippen molar-refractivity contribution in [3.8, 4) is 10.6 Å². The highest BCUT2D eigenvalue weighted by molar-refractivity contribution is 7.13. The lowest BCUT2D eigenvalue weighted by Crippen LogP contribution is -2.31. The zero-order valence-corrected chi connectivity index (χ0v) is 13.9. The van der Waals surface area contributed by atoms with Crippen LogP contribution in [0, 0.1) is 17.7 Å². The van der Waals surface area contributed by atoms with E-state index in [4.69, 9.17) is 5.11 Å². The topological polar surface area (TPSA) is 70.5 Å². The Morgan fingerprint density at radius 2 is 2.21 bits per heavy atom. The number of thiazole rings is 1. The third kappa shape index (κ3) is 3.46. The van der Waals surface area contributed by atoms with E-state index in [0.29, 0.717) is 22.8 Å². The van der Waals surface area contributed by atoms with Crippen molar-refractivity contribution in [1.29, 1.82) is 0 Å². The van der Waals surface area contributed by atoms with Crippen molar-refractivity contribution in [2.45, 2.75) is 13.3 Å². The number of halogens is 1. The van der Waals surface area contributed by atoms with Crippen molar-refractivity contribution in [3.63, 3.8) is 0 Å². The summed E-state index contributed by atoms with van der Waals surface area (Å²) in [6.07, 6.45) is 0.130. The molecule has 0 saturated carbocycles. The number of carbonyl (C=O) groups excluding carboxylic acids is 1. The molecule has 0 spiro atoms. The number of aromatic nitrogens is 1. The molecule has 0 bridgehead atoms. The summed E-state index contributed by atoms with van der Waals surface area (Å²) in [6.45, 7) is 2.55. The molecule has 2 atom stereocenters. The largest absolute Gasteiger partial charge is 0.481 e. The van der Waals surface area contributed by atoms with Gasteiger partial charge in [-0.15, -0.1) is 11.3 Å². The molecular formula is C17H17FN2O3S. The fourth-order valence-electron chi connectivity index (χ4n) is 2.90. The quantitative estimate of drug-likeness (QED) is 0.922. The van der Waals surface area contributed by atoms with Crippen LogP contribution in [0.1, 0.15) is 12.6 Å². The van der Waals surface area contributed by atoms with Crippen LogP contribution in [0.25, 0.3) is 10.6 Å². The molecule has 7 heteroatoms. The number of amides is 1. The van der Waals surface area contributed by atoms with Gasteiger partial charge >= 0.3 is 5.97 Å². The summed E-state index contributed by atoms with van der Waals surface area (Å²) in [4.78, 5) is 29.5. The van der Waals surface area contributed by atoms with Crippen LogP contribution in [0.3, 0.4) is 0 Å². The van der Waals surface area contributed by atoms with E-state index in [1.807, 2.05) is 6.92 Å². The van der Waals surface area contributed by atoms with Gasteiger partial charge in [0.25, 0.3) is 0 Å². The molecule has 0 aliphatic carbocycles. The molecule has 1 fully saturated rings. The fraction of sp³-hybridized carbons (Fsp3) is 0.353. The average Bonchev–Trinajstić information content (AvgIpc) is 3.14. The Morgan fingerprint density at radius 3 is 2.88 bits per heavy atom. The van der Waals surface area contributed by atoms with Crippen molar-refractivity contribution >= 4 is 23.2 Å². The molecular weight excluding hydrogens is 331 g/mol. The molecule has 1 aliphatic heterocycles. The smallest absolute Gasteiger partial charge is 0.308 e. The molecule has 1 saturated heterocycles. The summed E-state index contributed by atoms with van der Waals surface area (Å²) >= 11 is 1.36. The molecule has 2 heterocycles. The third-order valence-corrected chi connectivity index (χ3v) is 5.18. The standard InChI is InChI=1S/C17H17FN2O3S/c1-10-7-20(8-14(10)17(22)23)15(21)6-13-9-24-16(19-13)11-3-2-4-12(18)5-11/h2-5,9-10,14H,6-8H2,1H3,(H,22,23)/t10-,14-/m1/s1. The lowest BCUT2D eigenvalue weighted by atomic mass is 9.99. The number of likely N-dealkylation sites (tertiary alicyclic amines) is 1. The zero-order valence-electron chi connectivity index (χ0n) is 13.1. The van der Waals surface area contributed by atoms with Crippen LogP contribution in [-0.2, 0) is 16.0 Å². The van der Waals surface area contributed by atoms with E-state index in [9.17, 15) is 14.0 Å². The Morgan fingerprint density at radius 1 is 1.42 bits per heavy atom. The maximum absolute atomic E-state index is 13.3. The Kier molecular flexibility index (Phi) is 4.62. The van der Waals surface area contributed by atoms with Gasteiger partial charge in [-0.1, -0.05) is 19.1 Å². The molecule has 1 N–H and O–H groups in total. The van der Waals surface area contributed by atoms with Crippen molar-refractivity contribution in [3.05, 3.63) is 41.2 Å². The number of carboxylic acids is 1. The summed E-state index contributed by atoms with van der Waals surface area (Å²) in [7, 11) is 0. The number of carbonyl (C=O) groups is 2. The minimum absolute atomic E-state index is 0.0512. The molecule has 0 unspecified atom stereocenters. The van der Waals surface area contributed by atoms with Gasteiger partial charge in [0.2, 0.25) is 5.91 Å². The molecule has 126 valence electrons. The summed E-state index contributed by atoms with van der Waals surface area (Å²) < 4.78 is 13.3. The summed E-state index contributed by atoms with van der Waals surface area (Å²) in [5, 5.41) is 11.6. The van der Waals surface area contributed by atoms with E-state index in [0.717, 1.165) is 0 Å². The molecule has 0 radical (unpaired) electrons. The normalized spacial score (nSPS) is 20.3. The lowest BCUT2D eigenvalue weighted by molar-refractivity contribution is -0.142. The van der Waals surface area contributed by atoms with E-state index in [-0.39, 0.29) is 30.6 Å². The predicted molar refractivity (Wildman–Crippen MR) is 88.1 cm³/mol. The molecule has 3 rings (SSSR count). The number of hydrogen-bond donors (Lipinski definition) is 1. The predicted octanol–water partition coefficient (Wildman–Crippen LogP) is 2.67. The first kappa shape index (κ1) is 16.6. The minimum atomic E-state index is -0.861. The van der Waals surface area contributed by atoms with Gasteiger partial charge in [-0.05, 0) is 18.1 Å². The molecule has 5 nitrogen and oxygen atoms in total. The van der Waals surface area contributed by atoms with Gasteiger partial charge in [-0.3, -0.25) is 9.59 Å². The summed E-state index contributed by atoms with van der Waals surface area (Å²) in [5.41, 5.74) is 1.30. The maximum atomic E-state index is 13.3. The van der Waals surface area contributed by atoms with Gasteiger partial charge < -0.3 is 10.0 Å². The molecule has 24 heavy (non-hydrogen) atoms. The van der Waals surface area contributed by atoms with Gasteiger partial charge in [0, 0.05) is 24.0 Å². The maximum Gasteiger partial charge on any atom is 0.308 e. The van der Waals surface area contributed by atoms with Gasteiger partial charge in [-0.2, -0.15) is 0 Å². The van der Waals surface area contributed by atoms with Gasteiger partial charge in [0.1, 0.15) is 10.8 Å². The lowest BCUT2D eigenvalue weighted by Gasteiger charge is -2.14. The van der Waals surface area contributed by atoms with Crippen LogP contribution < -0.4 is 0 Å².